The Morgan fingerprint density at radius 3 is 1.69 bits per heavy atom. The molecule has 2 N–H and O–H groups in total. The van der Waals surface area contributed by atoms with Gasteiger partial charge in [0.05, 0.1) is 46.5 Å². The van der Waals surface area contributed by atoms with E-state index in [9.17, 15) is 43.2 Å². The van der Waals surface area contributed by atoms with Gasteiger partial charge in [0.1, 0.15) is 80.1 Å². The van der Waals surface area contributed by atoms with Crippen LogP contribution in [0.25, 0.3) is 0 Å². The predicted molar refractivity (Wildman–Crippen MR) is 323 cm³/mol. The van der Waals surface area contributed by atoms with Crippen LogP contribution in [0.1, 0.15) is 72.9 Å². The molecule has 0 aromatic heterocycles. The van der Waals surface area contributed by atoms with Crippen LogP contribution < -0.4 is 20.1 Å². The van der Waals surface area contributed by atoms with Crippen molar-refractivity contribution in [3.63, 3.8) is 0 Å². The van der Waals surface area contributed by atoms with E-state index in [4.69, 9.17) is 120 Å². The third-order valence-corrected chi connectivity index (χ3v) is 14.4. The molecule has 3 aromatic rings. The lowest BCUT2D eigenvalue weighted by atomic mass is 9.87. The fraction of sp³-hybridized carbons (Fsp3) is 0.548. The largest absolute Gasteiger partial charge is 0.497 e. The number of methoxy groups -OCH3 is 2. The summed E-state index contributed by atoms with van der Waals surface area (Å²) in [5, 5.41) is 5.10. The number of carbonyl (C=O) groups is 10. The molecule has 0 unspecified atom stereocenters. The number of ether oxygens (including phenoxy) is 18. The van der Waals surface area contributed by atoms with Gasteiger partial charge in [-0.2, -0.15) is 0 Å². The Kier molecular flexibility index (Phi) is 28.9. The summed E-state index contributed by atoms with van der Waals surface area (Å²) in [6.07, 6.45) is -26.8. The minimum absolute atomic E-state index is 0.103. The smallest absolute Gasteiger partial charge is 0.407 e. The van der Waals surface area contributed by atoms with Gasteiger partial charge < -0.3 is 95.9 Å². The molecule has 0 bridgehead atoms. The Morgan fingerprint density at radius 2 is 1.15 bits per heavy atom. The van der Waals surface area contributed by atoms with E-state index in [1.165, 1.54) is 19.2 Å². The highest BCUT2D eigenvalue weighted by Gasteiger charge is 2.64. The summed E-state index contributed by atoms with van der Waals surface area (Å²) in [7, 11) is 2.36. The molecule has 95 heavy (non-hydrogen) atoms. The summed E-state index contributed by atoms with van der Waals surface area (Å²) >= 11 is 18.0. The Labute approximate surface area is 560 Å². The van der Waals surface area contributed by atoms with E-state index in [2.05, 4.69) is 10.6 Å². The molecule has 3 aromatic carbocycles. The minimum Gasteiger partial charge on any atom is -0.497 e. The monoisotopic (exact) mass is 1400 g/mol. The van der Waals surface area contributed by atoms with Crippen LogP contribution in [-0.4, -0.2) is 202 Å². The zero-order chi connectivity index (χ0) is 69.7. The molecule has 0 spiro atoms. The highest BCUT2D eigenvalue weighted by molar-refractivity contribution is 6.67. The summed E-state index contributed by atoms with van der Waals surface area (Å²) in [6, 6.07) is 19.8. The highest BCUT2D eigenvalue weighted by Crippen LogP contribution is 2.43. The van der Waals surface area contributed by atoms with Crippen molar-refractivity contribution >= 4 is 94.6 Å². The van der Waals surface area contributed by atoms with Crippen LogP contribution in [0, 0.1) is 0 Å². The SMILES string of the molecule is COC(=O)[C@@]1(O[C@H]2[C@@H](O[C@@H]3O[C@H](COC(C)=O)[C@H](OC(C)=O)[C@H](OC(C)=O)[C@H]3NC(=O)OCC(Cl)(Cl)Cl)[C@@H](COCc3ccccc3)O[C@@H](Oc3ccc(OC)cc3)[C@@H]2OCc2ccccc2)C[C@H](OC(C)=O)[C@@H](NC(C)=O)[C@H]([C@H](OC(C)=O)[C@@H](COC(C)=O)OC(C)=O)O1. The fourth-order valence-corrected chi connectivity index (χ4v) is 10.6. The quantitative estimate of drug-likeness (QED) is 0.0548. The van der Waals surface area contributed by atoms with Crippen molar-refractivity contribution in [2.24, 2.45) is 0 Å². The van der Waals surface area contributed by atoms with E-state index in [0.29, 0.717) is 16.9 Å². The first kappa shape index (κ1) is 76.4. The molecule has 30 nitrogen and oxygen atoms in total. The van der Waals surface area contributed by atoms with E-state index >= 15 is 4.79 Å². The van der Waals surface area contributed by atoms with Gasteiger partial charge in [0.2, 0.25) is 16.0 Å². The Hall–Kier alpha value is -7.65. The number of alkyl carbamates (subject to hydrolysis) is 1. The van der Waals surface area contributed by atoms with Crippen molar-refractivity contribution in [2.45, 2.75) is 176 Å². The van der Waals surface area contributed by atoms with Crippen LogP contribution in [0.5, 0.6) is 11.5 Å². The summed E-state index contributed by atoms with van der Waals surface area (Å²) in [6.45, 7) is 4.51. The zero-order valence-electron chi connectivity index (χ0n) is 53.3. The fourth-order valence-electron chi connectivity index (χ4n) is 10.4. The van der Waals surface area contributed by atoms with Crippen molar-refractivity contribution in [1.82, 2.24) is 10.6 Å². The lowest BCUT2D eigenvalue weighted by Crippen LogP contribution is -2.73. The molecule has 2 amide bonds. The molecule has 3 aliphatic rings. The summed E-state index contributed by atoms with van der Waals surface area (Å²) in [4.78, 5) is 134. The second-order valence-corrected chi connectivity index (χ2v) is 24.1. The van der Waals surface area contributed by atoms with E-state index in [0.717, 1.165) is 62.5 Å². The van der Waals surface area contributed by atoms with E-state index in [1.54, 1.807) is 72.8 Å². The molecule has 522 valence electrons. The molecule has 3 aliphatic heterocycles. The normalized spacial score (nSPS) is 26.3. The number of rotatable bonds is 29. The maximum atomic E-state index is 15.5. The van der Waals surface area contributed by atoms with Crippen LogP contribution in [-0.2, 0) is 132 Å². The summed E-state index contributed by atoms with van der Waals surface area (Å²) in [5.41, 5.74) is 1.16. The average Bonchev–Trinajstić information content (AvgIpc) is 0.745. The first-order chi connectivity index (χ1) is 45.0. The van der Waals surface area contributed by atoms with Gasteiger partial charge in [-0.3, -0.25) is 38.4 Å². The van der Waals surface area contributed by atoms with E-state index in [1.807, 2.05) is 0 Å². The van der Waals surface area contributed by atoms with Crippen LogP contribution in [0.2, 0.25) is 0 Å². The molecule has 0 aliphatic carbocycles. The van der Waals surface area contributed by atoms with Crippen LogP contribution in [0.3, 0.4) is 0 Å². The first-order valence-electron chi connectivity index (χ1n) is 29.4. The van der Waals surface area contributed by atoms with Gasteiger partial charge in [0.25, 0.3) is 5.79 Å². The van der Waals surface area contributed by atoms with Gasteiger partial charge in [-0.05, 0) is 35.4 Å². The molecule has 0 saturated carbocycles. The van der Waals surface area contributed by atoms with Gasteiger partial charge in [-0.25, -0.2) is 9.59 Å². The second kappa shape index (κ2) is 35.9. The van der Waals surface area contributed by atoms with Crippen LogP contribution in [0.15, 0.2) is 84.9 Å². The number of carbonyl (C=O) groups excluding carboxylic acids is 10. The van der Waals surface area contributed by atoms with E-state index in [-0.39, 0.29) is 19.0 Å². The number of esters is 8. The van der Waals surface area contributed by atoms with Crippen LogP contribution in [0.4, 0.5) is 4.79 Å². The third kappa shape index (κ3) is 23.3. The second-order valence-electron chi connectivity index (χ2n) is 21.6. The number of nitrogens with one attached hydrogen (secondary N) is 2. The van der Waals surface area contributed by atoms with Crippen molar-refractivity contribution < 1.29 is 133 Å². The molecule has 6 rings (SSSR count). The minimum atomic E-state index is -3.10. The molecule has 3 saturated heterocycles. The zero-order valence-corrected chi connectivity index (χ0v) is 55.5. The maximum absolute atomic E-state index is 15.5. The summed E-state index contributed by atoms with van der Waals surface area (Å²) < 4.78 is 108. The van der Waals surface area contributed by atoms with Gasteiger partial charge in [0, 0.05) is 55.4 Å². The number of amides is 2. The summed E-state index contributed by atoms with van der Waals surface area (Å²) in [5.74, 6) is -11.8. The number of halogens is 3. The average molecular weight is 1400 g/mol. The third-order valence-electron chi connectivity index (χ3n) is 14.0. The standard InChI is InChI=1S/C62H75Cl3N2O28/c1-32(68)66-48-44(85-35(4)71)25-61(59(76)79-10,94-54(48)51(88-38(7)74)46(86-36(5)72)29-81-33(2)69)95-55-52(93-57-49(67-60(77)84-31-62(63,64)65)53(89-39(8)75)50(87-37(6)73)47(91-57)30-82-34(3)70)45(28-80-26-40-17-13-11-14-18-40)92-58(90-43-23-21-42(78-9)22-24-43)56(55)83-27-41-19-15-12-16-20-41/h11-24,44-58H,25-31H2,1-10H3,(H,66,68)(H,67,77)/t44-,45+,46+,47+,48+,49+,50-,51+,52-,53+,54+,55-,56+,57-,58+,61-/m0/s1. The topological polar surface area (TPSA) is 361 Å². The predicted octanol–water partition coefficient (Wildman–Crippen LogP) is 4.51. The first-order valence-corrected chi connectivity index (χ1v) is 30.5. The molecule has 3 heterocycles. The van der Waals surface area contributed by atoms with Crippen molar-refractivity contribution in [2.75, 3.05) is 40.6 Å². The highest BCUT2D eigenvalue weighted by atomic mass is 35.6. The molecule has 3 fully saturated rings. The van der Waals surface area contributed by atoms with Gasteiger partial charge >= 0.3 is 53.8 Å². The maximum Gasteiger partial charge on any atom is 0.407 e. The van der Waals surface area contributed by atoms with Crippen molar-refractivity contribution in [3.8, 4) is 11.5 Å². The Morgan fingerprint density at radius 1 is 0.579 bits per heavy atom. The lowest BCUT2D eigenvalue weighted by Gasteiger charge is -2.53. The molecule has 33 heteroatoms. The van der Waals surface area contributed by atoms with E-state index < -0.39 is 194 Å². The molecule has 0 radical (unpaired) electrons. The Bertz CT molecular complexity index is 3090. The molecular formula is C62H75Cl3N2O28. The molecular weight excluding hydrogens is 1330 g/mol. The Balaban J connectivity index is 1.72. The van der Waals surface area contributed by atoms with Gasteiger partial charge in [-0.1, -0.05) is 95.5 Å². The van der Waals surface area contributed by atoms with Crippen molar-refractivity contribution in [1.29, 1.82) is 0 Å². The number of benzene rings is 3. The number of hydrogen-bond donors (Lipinski definition) is 2. The van der Waals surface area contributed by atoms with Gasteiger partial charge in [-0.15, -0.1) is 0 Å². The number of alkyl halides is 3. The molecule has 16 atom stereocenters. The van der Waals surface area contributed by atoms with Gasteiger partial charge in [0.15, 0.2) is 30.7 Å². The van der Waals surface area contributed by atoms with Crippen molar-refractivity contribution in [3.05, 3.63) is 96.1 Å². The van der Waals surface area contributed by atoms with Crippen LogP contribution >= 0.6 is 34.8 Å². The lowest BCUT2D eigenvalue weighted by molar-refractivity contribution is -0.387. The number of hydrogen-bond acceptors (Lipinski definition) is 28.